The standard InChI is InChI=1S/C11H16ClN3O3S.C2H2O4/c1-13-7-11(16)14-8-4-5-9(12)10(6-8)19(17,18)15(2)3;3-1(4)2(5)6/h4-6,13H,7H2,1-3H3,(H,14,16);(H,3,4)(H,5,6). The molecule has 0 aliphatic carbocycles. The molecule has 4 N–H and O–H groups in total. The maximum Gasteiger partial charge on any atom is 0.414 e. The molecule has 12 heteroatoms. The second kappa shape index (κ2) is 9.93. The van der Waals surface area contributed by atoms with Crippen molar-refractivity contribution in [3.8, 4) is 0 Å². The van der Waals surface area contributed by atoms with E-state index in [0.29, 0.717) is 5.69 Å². The zero-order valence-electron chi connectivity index (χ0n) is 13.6. The normalized spacial score (nSPS) is 10.6. The number of hydrogen-bond acceptors (Lipinski definition) is 6. The molecule has 0 aliphatic heterocycles. The number of benzene rings is 1. The summed E-state index contributed by atoms with van der Waals surface area (Å²) in [4.78, 5) is 29.6. The van der Waals surface area contributed by atoms with Crippen LogP contribution < -0.4 is 10.6 Å². The number of carboxylic acids is 2. The summed E-state index contributed by atoms with van der Waals surface area (Å²) in [5.74, 6) is -3.91. The van der Waals surface area contributed by atoms with Crippen molar-refractivity contribution in [3.05, 3.63) is 23.2 Å². The summed E-state index contributed by atoms with van der Waals surface area (Å²) in [6.07, 6.45) is 0. The number of hydrogen-bond donors (Lipinski definition) is 4. The first kappa shape index (κ1) is 22.8. The minimum Gasteiger partial charge on any atom is -0.473 e. The van der Waals surface area contributed by atoms with Crippen LogP contribution in [-0.2, 0) is 24.4 Å². The zero-order valence-corrected chi connectivity index (χ0v) is 15.2. The summed E-state index contributed by atoms with van der Waals surface area (Å²) in [6, 6.07) is 4.32. The van der Waals surface area contributed by atoms with Gasteiger partial charge in [-0.1, -0.05) is 11.6 Å². The van der Waals surface area contributed by atoms with E-state index in [1.807, 2.05) is 0 Å². The van der Waals surface area contributed by atoms with Crippen LogP contribution in [0.4, 0.5) is 5.69 Å². The van der Waals surface area contributed by atoms with Gasteiger partial charge >= 0.3 is 11.9 Å². The van der Waals surface area contributed by atoms with Crippen LogP contribution in [0.1, 0.15) is 0 Å². The molecule has 0 unspecified atom stereocenters. The van der Waals surface area contributed by atoms with Crippen molar-refractivity contribution in [2.24, 2.45) is 0 Å². The van der Waals surface area contributed by atoms with Gasteiger partial charge in [-0.2, -0.15) is 0 Å². The summed E-state index contributed by atoms with van der Waals surface area (Å²) in [5.41, 5.74) is 0.380. The van der Waals surface area contributed by atoms with Gasteiger partial charge in [0.15, 0.2) is 0 Å². The highest BCUT2D eigenvalue weighted by Crippen LogP contribution is 2.26. The van der Waals surface area contributed by atoms with E-state index in [0.717, 1.165) is 4.31 Å². The first-order chi connectivity index (χ1) is 11.4. The van der Waals surface area contributed by atoms with E-state index in [4.69, 9.17) is 31.4 Å². The Hall–Kier alpha value is -2.21. The number of sulfonamides is 1. The lowest BCUT2D eigenvalue weighted by molar-refractivity contribution is -0.159. The molecule has 1 aromatic rings. The third-order valence-corrected chi connectivity index (χ3v) is 4.79. The number of carboxylic acid groups (broad SMARTS) is 2. The van der Waals surface area contributed by atoms with Gasteiger partial charge in [0.2, 0.25) is 15.9 Å². The van der Waals surface area contributed by atoms with Crippen LogP contribution in [-0.4, -0.2) is 68.5 Å². The molecule has 10 nitrogen and oxygen atoms in total. The van der Waals surface area contributed by atoms with Crippen LogP contribution >= 0.6 is 11.6 Å². The van der Waals surface area contributed by atoms with E-state index in [-0.39, 0.29) is 22.4 Å². The van der Waals surface area contributed by atoms with Gasteiger partial charge in [-0.05, 0) is 25.2 Å². The minimum atomic E-state index is -3.64. The van der Waals surface area contributed by atoms with Crippen LogP contribution in [0.15, 0.2) is 23.1 Å². The number of aliphatic carboxylic acids is 2. The summed E-state index contributed by atoms with van der Waals surface area (Å²) < 4.78 is 25.1. The fourth-order valence-electron chi connectivity index (χ4n) is 1.34. The minimum absolute atomic E-state index is 0.0403. The maximum atomic E-state index is 12.0. The Balaban J connectivity index is 0.000000823. The molecule has 0 atom stereocenters. The Bertz CT molecular complexity index is 738. The number of anilines is 1. The van der Waals surface area contributed by atoms with Gasteiger partial charge in [0.1, 0.15) is 4.90 Å². The Morgan fingerprint density at radius 1 is 1.16 bits per heavy atom. The average Bonchev–Trinajstić information content (AvgIpc) is 2.49. The van der Waals surface area contributed by atoms with Crippen molar-refractivity contribution in [3.63, 3.8) is 0 Å². The molecule has 0 bridgehead atoms. The number of rotatable bonds is 5. The van der Waals surface area contributed by atoms with Gasteiger partial charge in [-0.3, -0.25) is 4.79 Å². The van der Waals surface area contributed by atoms with Gasteiger partial charge in [0.05, 0.1) is 11.6 Å². The van der Waals surface area contributed by atoms with E-state index < -0.39 is 22.0 Å². The third kappa shape index (κ3) is 7.47. The van der Waals surface area contributed by atoms with Crippen LogP contribution in [0.5, 0.6) is 0 Å². The topological polar surface area (TPSA) is 153 Å². The fourth-order valence-corrected chi connectivity index (χ4v) is 2.74. The number of amides is 1. The lowest BCUT2D eigenvalue weighted by atomic mass is 10.3. The van der Waals surface area contributed by atoms with Gasteiger partial charge in [0, 0.05) is 19.8 Å². The van der Waals surface area contributed by atoms with E-state index in [2.05, 4.69) is 10.6 Å². The molecule has 0 fully saturated rings. The van der Waals surface area contributed by atoms with Crippen molar-refractivity contribution in [2.75, 3.05) is 33.0 Å². The lowest BCUT2D eigenvalue weighted by Crippen LogP contribution is -2.25. The quantitative estimate of drug-likeness (QED) is 0.504. The van der Waals surface area contributed by atoms with Crippen LogP contribution in [0, 0.1) is 0 Å². The number of halogens is 1. The Morgan fingerprint density at radius 2 is 1.68 bits per heavy atom. The summed E-state index contributed by atoms with van der Waals surface area (Å²) in [5, 5.41) is 20.2. The SMILES string of the molecule is CNCC(=O)Nc1ccc(Cl)c(S(=O)(=O)N(C)C)c1.O=C(O)C(=O)O. The second-order valence-electron chi connectivity index (χ2n) is 4.62. The predicted octanol–water partition coefficient (Wildman–Crippen LogP) is -0.0962. The first-order valence-electron chi connectivity index (χ1n) is 6.56. The van der Waals surface area contributed by atoms with E-state index in [9.17, 15) is 13.2 Å². The van der Waals surface area contributed by atoms with Gasteiger partial charge in [-0.25, -0.2) is 22.3 Å². The molecule has 1 rings (SSSR count). The number of carbonyl (C=O) groups is 3. The van der Waals surface area contributed by atoms with E-state index in [1.54, 1.807) is 13.1 Å². The molecule has 0 saturated carbocycles. The monoisotopic (exact) mass is 395 g/mol. The van der Waals surface area contributed by atoms with Gasteiger partial charge in [-0.15, -0.1) is 0 Å². The Kier molecular flexibility index (Phi) is 9.06. The van der Waals surface area contributed by atoms with Crippen molar-refractivity contribution in [1.29, 1.82) is 0 Å². The van der Waals surface area contributed by atoms with Gasteiger partial charge < -0.3 is 20.8 Å². The predicted molar refractivity (Wildman–Crippen MR) is 90.2 cm³/mol. The second-order valence-corrected chi connectivity index (χ2v) is 7.15. The molecule has 0 heterocycles. The molecular weight excluding hydrogens is 378 g/mol. The molecule has 0 radical (unpaired) electrons. The van der Waals surface area contributed by atoms with Crippen molar-refractivity contribution >= 4 is 45.2 Å². The molecule has 0 spiro atoms. The molecule has 0 aromatic heterocycles. The molecule has 25 heavy (non-hydrogen) atoms. The fraction of sp³-hybridized carbons (Fsp3) is 0.308. The number of carbonyl (C=O) groups excluding carboxylic acids is 1. The third-order valence-electron chi connectivity index (χ3n) is 2.49. The summed E-state index contributed by atoms with van der Waals surface area (Å²) in [7, 11) is 0.828. The van der Waals surface area contributed by atoms with Crippen molar-refractivity contribution < 1.29 is 33.0 Å². The molecule has 0 saturated heterocycles. The number of nitrogens with one attached hydrogen (secondary N) is 2. The van der Waals surface area contributed by atoms with Crippen molar-refractivity contribution in [2.45, 2.75) is 4.90 Å². The van der Waals surface area contributed by atoms with Crippen LogP contribution in [0.3, 0.4) is 0 Å². The molecule has 1 amide bonds. The number of nitrogens with zero attached hydrogens (tertiary/aromatic N) is 1. The van der Waals surface area contributed by atoms with E-state index >= 15 is 0 Å². The van der Waals surface area contributed by atoms with Gasteiger partial charge in [0.25, 0.3) is 0 Å². The molecule has 140 valence electrons. The molecular formula is C13H18ClN3O7S. The lowest BCUT2D eigenvalue weighted by Gasteiger charge is -2.14. The van der Waals surface area contributed by atoms with E-state index in [1.165, 1.54) is 26.2 Å². The Labute approximate surface area is 149 Å². The maximum absolute atomic E-state index is 12.0. The average molecular weight is 396 g/mol. The molecule has 1 aromatic carbocycles. The largest absolute Gasteiger partial charge is 0.473 e. The summed E-state index contributed by atoms with van der Waals surface area (Å²) in [6.45, 7) is 0.137. The summed E-state index contributed by atoms with van der Waals surface area (Å²) >= 11 is 5.89. The van der Waals surface area contributed by atoms with Crippen LogP contribution in [0.25, 0.3) is 0 Å². The highest BCUT2D eigenvalue weighted by atomic mass is 35.5. The highest BCUT2D eigenvalue weighted by molar-refractivity contribution is 7.89. The molecule has 0 aliphatic rings. The van der Waals surface area contributed by atoms with Crippen molar-refractivity contribution in [1.82, 2.24) is 9.62 Å². The smallest absolute Gasteiger partial charge is 0.414 e. The number of likely N-dealkylation sites (N-methyl/N-ethyl adjacent to an activating group) is 1. The highest BCUT2D eigenvalue weighted by Gasteiger charge is 2.21. The zero-order chi connectivity index (χ0) is 19.8. The Morgan fingerprint density at radius 3 is 2.08 bits per heavy atom. The van der Waals surface area contributed by atoms with Crippen LogP contribution in [0.2, 0.25) is 5.02 Å². The first-order valence-corrected chi connectivity index (χ1v) is 8.38.